The van der Waals surface area contributed by atoms with Crippen molar-refractivity contribution in [2.24, 2.45) is 17.1 Å². The molecule has 0 radical (unpaired) electrons. The lowest BCUT2D eigenvalue weighted by molar-refractivity contribution is 0.100. The molecular formula is C14H24N4OS. The third-order valence-corrected chi connectivity index (χ3v) is 5.11. The lowest BCUT2D eigenvalue weighted by Gasteiger charge is -2.29. The van der Waals surface area contributed by atoms with Crippen molar-refractivity contribution in [3.8, 4) is 0 Å². The van der Waals surface area contributed by atoms with Gasteiger partial charge in [-0.25, -0.2) is 0 Å². The van der Waals surface area contributed by atoms with Gasteiger partial charge in [-0.2, -0.15) is 4.37 Å². The second-order valence-electron chi connectivity index (χ2n) is 6.59. The Labute approximate surface area is 124 Å². The van der Waals surface area contributed by atoms with E-state index >= 15 is 0 Å². The molecule has 1 aliphatic heterocycles. The number of anilines is 2. The third-order valence-electron chi connectivity index (χ3n) is 4.19. The van der Waals surface area contributed by atoms with Gasteiger partial charge in [0.25, 0.3) is 5.91 Å². The SMILES string of the molecule is CC(C)(C)C1CCCN(c2snc(N)c2C(N)=O)CC1. The number of nitrogens with zero attached hydrogens (tertiary/aromatic N) is 2. The van der Waals surface area contributed by atoms with Crippen LogP contribution in [0.2, 0.25) is 0 Å². The molecule has 1 saturated heterocycles. The van der Waals surface area contributed by atoms with Crippen LogP contribution in [0.1, 0.15) is 50.4 Å². The van der Waals surface area contributed by atoms with Crippen LogP contribution in [0.15, 0.2) is 0 Å². The molecule has 20 heavy (non-hydrogen) atoms. The minimum Gasteiger partial charge on any atom is -0.382 e. The van der Waals surface area contributed by atoms with Gasteiger partial charge in [0, 0.05) is 13.1 Å². The summed E-state index contributed by atoms with van der Waals surface area (Å²) in [5.41, 5.74) is 11.9. The normalized spacial score (nSPS) is 20.8. The molecule has 0 bridgehead atoms. The van der Waals surface area contributed by atoms with Crippen molar-refractivity contribution >= 4 is 28.3 Å². The molecule has 2 rings (SSSR count). The predicted octanol–water partition coefficient (Wildman–Crippen LogP) is 2.48. The van der Waals surface area contributed by atoms with Gasteiger partial charge in [0.15, 0.2) is 5.82 Å². The smallest absolute Gasteiger partial charge is 0.255 e. The van der Waals surface area contributed by atoms with Crippen LogP contribution in [0.5, 0.6) is 0 Å². The number of primary amides is 1. The molecule has 5 nitrogen and oxygen atoms in total. The maximum atomic E-state index is 11.5. The Kier molecular flexibility index (Phi) is 4.22. The molecular weight excluding hydrogens is 272 g/mol. The van der Waals surface area contributed by atoms with E-state index in [0.29, 0.717) is 16.9 Å². The first-order valence-corrected chi connectivity index (χ1v) is 7.88. The quantitative estimate of drug-likeness (QED) is 0.878. The number of hydrogen-bond donors (Lipinski definition) is 2. The molecule has 112 valence electrons. The summed E-state index contributed by atoms with van der Waals surface area (Å²) in [7, 11) is 0. The van der Waals surface area contributed by atoms with Crippen molar-refractivity contribution < 1.29 is 4.79 Å². The number of hydrogen-bond acceptors (Lipinski definition) is 5. The molecule has 0 spiro atoms. The summed E-state index contributed by atoms with van der Waals surface area (Å²) in [4.78, 5) is 13.8. The Bertz CT molecular complexity index is 492. The molecule has 1 atom stereocenters. The average Bonchev–Trinajstić information content (AvgIpc) is 2.58. The van der Waals surface area contributed by atoms with Gasteiger partial charge in [-0.15, -0.1) is 0 Å². The second-order valence-corrected chi connectivity index (χ2v) is 7.34. The minimum absolute atomic E-state index is 0.258. The van der Waals surface area contributed by atoms with Crippen LogP contribution in [-0.2, 0) is 0 Å². The lowest BCUT2D eigenvalue weighted by Crippen LogP contribution is -2.27. The van der Waals surface area contributed by atoms with Gasteiger partial charge in [-0.05, 0) is 42.1 Å². The summed E-state index contributed by atoms with van der Waals surface area (Å²) in [6.45, 7) is 8.77. The first-order valence-electron chi connectivity index (χ1n) is 7.10. The molecule has 0 saturated carbocycles. The molecule has 1 aliphatic rings. The Hall–Kier alpha value is -1.30. The van der Waals surface area contributed by atoms with E-state index in [1.54, 1.807) is 0 Å². The van der Waals surface area contributed by atoms with Crippen molar-refractivity contribution in [3.63, 3.8) is 0 Å². The van der Waals surface area contributed by atoms with Gasteiger partial charge in [0.05, 0.1) is 0 Å². The summed E-state index contributed by atoms with van der Waals surface area (Å²) >= 11 is 1.28. The van der Waals surface area contributed by atoms with E-state index in [9.17, 15) is 4.79 Å². The van der Waals surface area contributed by atoms with Gasteiger partial charge in [-0.1, -0.05) is 20.8 Å². The Morgan fingerprint density at radius 1 is 1.35 bits per heavy atom. The van der Waals surface area contributed by atoms with Crippen molar-refractivity contribution in [1.29, 1.82) is 0 Å². The highest BCUT2D eigenvalue weighted by Gasteiger charge is 2.29. The van der Waals surface area contributed by atoms with Crippen molar-refractivity contribution in [3.05, 3.63) is 5.56 Å². The highest BCUT2D eigenvalue weighted by molar-refractivity contribution is 7.11. The van der Waals surface area contributed by atoms with Gasteiger partial charge in [0.2, 0.25) is 0 Å². The van der Waals surface area contributed by atoms with Crippen LogP contribution < -0.4 is 16.4 Å². The van der Waals surface area contributed by atoms with Crippen LogP contribution >= 0.6 is 11.5 Å². The summed E-state index contributed by atoms with van der Waals surface area (Å²) in [6.07, 6.45) is 3.47. The summed E-state index contributed by atoms with van der Waals surface area (Å²) in [5.74, 6) is 0.479. The highest BCUT2D eigenvalue weighted by Crippen LogP contribution is 2.37. The maximum absolute atomic E-state index is 11.5. The molecule has 6 heteroatoms. The predicted molar refractivity (Wildman–Crippen MR) is 84.1 cm³/mol. The highest BCUT2D eigenvalue weighted by atomic mass is 32.1. The average molecular weight is 296 g/mol. The first kappa shape index (κ1) is 15.1. The minimum atomic E-state index is -0.483. The van der Waals surface area contributed by atoms with Crippen LogP contribution in [0.4, 0.5) is 10.8 Å². The molecule has 1 aromatic rings. The van der Waals surface area contributed by atoms with Crippen LogP contribution in [0.25, 0.3) is 0 Å². The Balaban J connectivity index is 2.17. The van der Waals surface area contributed by atoms with E-state index in [1.165, 1.54) is 18.0 Å². The van der Waals surface area contributed by atoms with Gasteiger partial charge in [-0.3, -0.25) is 4.79 Å². The Morgan fingerprint density at radius 2 is 2.05 bits per heavy atom. The standard InChI is InChI=1S/C14H24N4OS/c1-14(2,3)9-5-4-7-18(8-6-9)13-10(12(16)19)11(15)17-20-13/h9H,4-8H2,1-3H3,(H2,15,17)(H2,16,19). The van der Waals surface area contributed by atoms with Crippen molar-refractivity contribution in [1.82, 2.24) is 4.37 Å². The van der Waals surface area contributed by atoms with Crippen LogP contribution in [-0.4, -0.2) is 23.4 Å². The van der Waals surface area contributed by atoms with E-state index in [4.69, 9.17) is 11.5 Å². The van der Waals surface area contributed by atoms with E-state index in [-0.39, 0.29) is 5.82 Å². The van der Waals surface area contributed by atoms with Crippen molar-refractivity contribution in [2.75, 3.05) is 23.7 Å². The number of aromatic nitrogens is 1. The zero-order chi connectivity index (χ0) is 14.9. The maximum Gasteiger partial charge on any atom is 0.255 e. The largest absolute Gasteiger partial charge is 0.382 e. The van der Waals surface area contributed by atoms with E-state index in [2.05, 4.69) is 30.0 Å². The number of carbonyl (C=O) groups excluding carboxylic acids is 1. The fraction of sp³-hybridized carbons (Fsp3) is 0.714. The number of nitrogen functional groups attached to an aromatic ring is 1. The van der Waals surface area contributed by atoms with Gasteiger partial charge >= 0.3 is 0 Å². The van der Waals surface area contributed by atoms with E-state index in [0.717, 1.165) is 30.9 Å². The third kappa shape index (κ3) is 3.06. The van der Waals surface area contributed by atoms with E-state index in [1.807, 2.05) is 0 Å². The van der Waals surface area contributed by atoms with Crippen LogP contribution in [0.3, 0.4) is 0 Å². The van der Waals surface area contributed by atoms with Crippen LogP contribution in [0, 0.1) is 11.3 Å². The van der Waals surface area contributed by atoms with Gasteiger partial charge < -0.3 is 16.4 Å². The first-order chi connectivity index (χ1) is 9.30. The molecule has 0 aliphatic carbocycles. The van der Waals surface area contributed by atoms with E-state index < -0.39 is 5.91 Å². The molecule has 1 amide bonds. The Morgan fingerprint density at radius 3 is 2.65 bits per heavy atom. The molecule has 2 heterocycles. The number of amides is 1. The monoisotopic (exact) mass is 296 g/mol. The summed E-state index contributed by atoms with van der Waals surface area (Å²) < 4.78 is 4.09. The topological polar surface area (TPSA) is 85.2 Å². The molecule has 4 N–H and O–H groups in total. The fourth-order valence-electron chi connectivity index (χ4n) is 2.91. The number of rotatable bonds is 2. The summed E-state index contributed by atoms with van der Waals surface area (Å²) in [5, 5.41) is 0.838. The van der Waals surface area contributed by atoms with Gasteiger partial charge in [0.1, 0.15) is 10.6 Å². The summed E-state index contributed by atoms with van der Waals surface area (Å²) in [6, 6.07) is 0. The number of nitrogens with two attached hydrogens (primary N) is 2. The fourth-order valence-corrected chi connectivity index (χ4v) is 3.78. The lowest BCUT2D eigenvalue weighted by atomic mass is 9.77. The molecule has 0 aromatic carbocycles. The van der Waals surface area contributed by atoms with Crippen molar-refractivity contribution in [2.45, 2.75) is 40.0 Å². The molecule has 1 aromatic heterocycles. The molecule has 1 unspecified atom stereocenters. The zero-order valence-corrected chi connectivity index (χ0v) is 13.3. The second kappa shape index (κ2) is 5.60. The zero-order valence-electron chi connectivity index (χ0n) is 12.5. The molecule has 1 fully saturated rings. The number of carbonyl (C=O) groups is 1.